The molecule has 0 aliphatic carbocycles. The standard InChI is InChI=1S/C9H20N2O4/c1-15-7-2-10-9(14)8-11(3-5-12)4-6-13/h12-13H,2-8H2,1H3,(H,10,14). The highest BCUT2D eigenvalue weighted by atomic mass is 16.5. The lowest BCUT2D eigenvalue weighted by Gasteiger charge is -2.19. The minimum Gasteiger partial charge on any atom is -0.395 e. The normalized spacial score (nSPS) is 10.7. The van der Waals surface area contributed by atoms with Crippen LogP contribution in [0.4, 0.5) is 0 Å². The van der Waals surface area contributed by atoms with Crippen LogP contribution in [0.3, 0.4) is 0 Å². The van der Waals surface area contributed by atoms with Gasteiger partial charge in [-0.25, -0.2) is 0 Å². The van der Waals surface area contributed by atoms with Crippen LogP contribution in [0.1, 0.15) is 0 Å². The molecule has 0 spiro atoms. The minimum atomic E-state index is -0.131. The second kappa shape index (κ2) is 9.85. The van der Waals surface area contributed by atoms with Gasteiger partial charge in [-0.3, -0.25) is 9.69 Å². The maximum Gasteiger partial charge on any atom is 0.234 e. The van der Waals surface area contributed by atoms with Gasteiger partial charge in [-0.2, -0.15) is 0 Å². The molecule has 0 heterocycles. The van der Waals surface area contributed by atoms with Crippen molar-refractivity contribution in [1.82, 2.24) is 10.2 Å². The van der Waals surface area contributed by atoms with Crippen molar-refractivity contribution in [2.45, 2.75) is 0 Å². The third-order valence-corrected chi connectivity index (χ3v) is 1.83. The molecule has 0 radical (unpaired) electrons. The highest BCUT2D eigenvalue weighted by Gasteiger charge is 2.08. The van der Waals surface area contributed by atoms with Crippen LogP contribution in [0.25, 0.3) is 0 Å². The molecule has 6 nitrogen and oxygen atoms in total. The van der Waals surface area contributed by atoms with E-state index in [-0.39, 0.29) is 25.7 Å². The summed E-state index contributed by atoms with van der Waals surface area (Å²) in [6, 6.07) is 0. The minimum absolute atomic E-state index is 0.0225. The molecule has 90 valence electrons. The van der Waals surface area contributed by atoms with Crippen molar-refractivity contribution in [3.63, 3.8) is 0 Å². The van der Waals surface area contributed by atoms with Gasteiger partial charge in [-0.15, -0.1) is 0 Å². The first-order valence-corrected chi connectivity index (χ1v) is 4.94. The molecule has 0 aliphatic heterocycles. The van der Waals surface area contributed by atoms with Crippen molar-refractivity contribution in [3.8, 4) is 0 Å². The van der Waals surface area contributed by atoms with Crippen molar-refractivity contribution in [3.05, 3.63) is 0 Å². The molecule has 0 aromatic carbocycles. The van der Waals surface area contributed by atoms with Crippen LogP contribution < -0.4 is 5.32 Å². The highest BCUT2D eigenvalue weighted by Crippen LogP contribution is 1.86. The Balaban J connectivity index is 3.67. The van der Waals surface area contributed by atoms with Crippen molar-refractivity contribution < 1.29 is 19.7 Å². The Labute approximate surface area is 89.8 Å². The molecule has 6 heteroatoms. The van der Waals surface area contributed by atoms with E-state index >= 15 is 0 Å². The largest absolute Gasteiger partial charge is 0.395 e. The zero-order chi connectivity index (χ0) is 11.5. The number of hydrogen-bond donors (Lipinski definition) is 3. The second-order valence-electron chi connectivity index (χ2n) is 3.07. The van der Waals surface area contributed by atoms with Gasteiger partial charge in [-0.05, 0) is 0 Å². The number of aliphatic hydroxyl groups is 2. The van der Waals surface area contributed by atoms with Gasteiger partial charge in [0, 0.05) is 26.7 Å². The third-order valence-electron chi connectivity index (χ3n) is 1.83. The Morgan fingerprint density at radius 3 is 2.40 bits per heavy atom. The van der Waals surface area contributed by atoms with Crippen LogP contribution >= 0.6 is 0 Å². The number of aliphatic hydroxyl groups excluding tert-OH is 2. The number of amides is 1. The van der Waals surface area contributed by atoms with E-state index in [1.807, 2.05) is 0 Å². The molecule has 15 heavy (non-hydrogen) atoms. The highest BCUT2D eigenvalue weighted by molar-refractivity contribution is 5.77. The van der Waals surface area contributed by atoms with E-state index in [1.54, 1.807) is 12.0 Å². The van der Waals surface area contributed by atoms with Gasteiger partial charge in [0.15, 0.2) is 0 Å². The Bertz CT molecular complexity index is 160. The Kier molecular flexibility index (Phi) is 9.40. The zero-order valence-electron chi connectivity index (χ0n) is 9.11. The van der Waals surface area contributed by atoms with Gasteiger partial charge in [0.1, 0.15) is 0 Å². The predicted molar refractivity (Wildman–Crippen MR) is 55.5 cm³/mol. The van der Waals surface area contributed by atoms with E-state index in [0.717, 1.165) is 0 Å². The summed E-state index contributed by atoms with van der Waals surface area (Å²) in [5.41, 5.74) is 0. The molecule has 0 atom stereocenters. The van der Waals surface area contributed by atoms with Gasteiger partial charge < -0.3 is 20.3 Å². The van der Waals surface area contributed by atoms with Crippen LogP contribution in [-0.4, -0.2) is 74.1 Å². The molecular weight excluding hydrogens is 200 g/mol. The fraction of sp³-hybridized carbons (Fsp3) is 0.889. The van der Waals surface area contributed by atoms with Crippen molar-refractivity contribution in [2.24, 2.45) is 0 Å². The molecule has 0 aromatic rings. The summed E-state index contributed by atoms with van der Waals surface area (Å²) in [5.74, 6) is -0.131. The van der Waals surface area contributed by atoms with Crippen LogP contribution in [0.15, 0.2) is 0 Å². The van der Waals surface area contributed by atoms with Crippen molar-refractivity contribution >= 4 is 5.91 Å². The molecule has 1 amide bonds. The fourth-order valence-corrected chi connectivity index (χ4v) is 1.10. The van der Waals surface area contributed by atoms with Gasteiger partial charge in [0.2, 0.25) is 5.91 Å². The number of methoxy groups -OCH3 is 1. The molecule has 0 unspecified atom stereocenters. The van der Waals surface area contributed by atoms with E-state index in [2.05, 4.69) is 5.32 Å². The Morgan fingerprint density at radius 1 is 1.33 bits per heavy atom. The number of carbonyl (C=O) groups is 1. The average Bonchev–Trinajstić information content (AvgIpc) is 2.19. The van der Waals surface area contributed by atoms with Crippen molar-refractivity contribution in [1.29, 1.82) is 0 Å². The van der Waals surface area contributed by atoms with Crippen LogP contribution in [-0.2, 0) is 9.53 Å². The van der Waals surface area contributed by atoms with Gasteiger partial charge in [0.05, 0.1) is 26.4 Å². The van der Waals surface area contributed by atoms with E-state index < -0.39 is 0 Å². The molecular formula is C9H20N2O4. The van der Waals surface area contributed by atoms with Crippen molar-refractivity contribution in [2.75, 3.05) is 53.1 Å². The molecule has 0 aliphatic rings. The Hall–Kier alpha value is -0.690. The first kappa shape index (κ1) is 14.3. The maximum absolute atomic E-state index is 11.3. The molecule has 0 saturated carbocycles. The molecule has 3 N–H and O–H groups in total. The summed E-state index contributed by atoms with van der Waals surface area (Å²) < 4.78 is 4.78. The third kappa shape index (κ3) is 8.31. The van der Waals surface area contributed by atoms with Crippen LogP contribution in [0.2, 0.25) is 0 Å². The Morgan fingerprint density at radius 2 is 1.93 bits per heavy atom. The number of hydrogen-bond acceptors (Lipinski definition) is 5. The van der Waals surface area contributed by atoms with Crippen LogP contribution in [0.5, 0.6) is 0 Å². The summed E-state index contributed by atoms with van der Waals surface area (Å²) in [6.45, 7) is 1.87. The maximum atomic E-state index is 11.3. The summed E-state index contributed by atoms with van der Waals surface area (Å²) in [7, 11) is 1.57. The first-order valence-electron chi connectivity index (χ1n) is 4.94. The average molecular weight is 220 g/mol. The fourth-order valence-electron chi connectivity index (χ4n) is 1.10. The first-order chi connectivity index (χ1) is 7.24. The van der Waals surface area contributed by atoms with Gasteiger partial charge >= 0.3 is 0 Å². The van der Waals surface area contributed by atoms with Gasteiger partial charge in [-0.1, -0.05) is 0 Å². The molecule has 0 bridgehead atoms. The summed E-state index contributed by atoms with van der Waals surface area (Å²) in [6.07, 6.45) is 0. The monoisotopic (exact) mass is 220 g/mol. The number of rotatable bonds is 9. The number of nitrogens with one attached hydrogen (secondary N) is 1. The number of ether oxygens (including phenoxy) is 1. The lowest BCUT2D eigenvalue weighted by Crippen LogP contribution is -2.40. The predicted octanol–water partition coefficient (Wildman–Crippen LogP) is -1.96. The number of nitrogens with zero attached hydrogens (tertiary/aromatic N) is 1. The summed E-state index contributed by atoms with van der Waals surface area (Å²) in [4.78, 5) is 13.0. The van der Waals surface area contributed by atoms with E-state index in [4.69, 9.17) is 14.9 Å². The smallest absolute Gasteiger partial charge is 0.234 e. The second-order valence-corrected chi connectivity index (χ2v) is 3.07. The molecule has 0 rings (SSSR count). The molecule has 0 aromatic heterocycles. The lowest BCUT2D eigenvalue weighted by molar-refractivity contribution is -0.122. The van der Waals surface area contributed by atoms with Crippen LogP contribution in [0, 0.1) is 0 Å². The van der Waals surface area contributed by atoms with E-state index in [9.17, 15) is 4.79 Å². The molecule has 0 fully saturated rings. The van der Waals surface area contributed by atoms with Gasteiger partial charge in [0.25, 0.3) is 0 Å². The number of carbonyl (C=O) groups excluding carboxylic acids is 1. The molecule has 0 saturated heterocycles. The van der Waals surface area contributed by atoms with E-state index in [0.29, 0.717) is 26.2 Å². The quantitative estimate of drug-likeness (QED) is 0.393. The lowest BCUT2D eigenvalue weighted by atomic mass is 10.4. The SMILES string of the molecule is COCCNC(=O)CN(CCO)CCO. The zero-order valence-corrected chi connectivity index (χ0v) is 9.11. The van der Waals surface area contributed by atoms with E-state index in [1.165, 1.54) is 0 Å². The summed E-state index contributed by atoms with van der Waals surface area (Å²) >= 11 is 0. The summed E-state index contributed by atoms with van der Waals surface area (Å²) in [5, 5.41) is 20.1. The topological polar surface area (TPSA) is 82.0 Å².